The van der Waals surface area contributed by atoms with Crippen LogP contribution in [0.15, 0.2) is 94.1 Å². The third kappa shape index (κ3) is 3.63. The molecule has 0 atom stereocenters. The number of hydrogen-bond acceptors (Lipinski definition) is 3. The number of rotatable bonds is 4. The number of anilines is 3. The van der Waals surface area contributed by atoms with Crippen LogP contribution in [0.5, 0.6) is 0 Å². The molecule has 0 spiro atoms. The third-order valence-electron chi connectivity index (χ3n) is 6.08. The molecule has 0 amide bonds. The highest BCUT2D eigenvalue weighted by atomic mass is 16.4. The molecule has 0 aliphatic heterocycles. The maximum Gasteiger partial charge on any atom is 0.339 e. The summed E-state index contributed by atoms with van der Waals surface area (Å²) in [5.41, 5.74) is 4.38. The smallest absolute Gasteiger partial charge is 0.339 e. The Morgan fingerprint density at radius 2 is 1.33 bits per heavy atom. The minimum absolute atomic E-state index is 0.183. The molecule has 0 N–H and O–H groups in total. The maximum atomic E-state index is 12.8. The van der Waals surface area contributed by atoms with Crippen molar-refractivity contribution in [1.82, 2.24) is 0 Å². The fraction of sp³-hybridized carbons (Fsp3) is 0.222. The van der Waals surface area contributed by atoms with Crippen molar-refractivity contribution in [3.05, 3.63) is 101 Å². The van der Waals surface area contributed by atoms with E-state index < -0.39 is 0 Å². The van der Waals surface area contributed by atoms with Gasteiger partial charge in [-0.1, -0.05) is 55.7 Å². The van der Waals surface area contributed by atoms with Crippen molar-refractivity contribution in [3.63, 3.8) is 0 Å². The summed E-state index contributed by atoms with van der Waals surface area (Å²) in [5, 5.41) is 0.986. The lowest BCUT2D eigenvalue weighted by Gasteiger charge is -2.25. The molecule has 0 unspecified atom stereocenters. The van der Waals surface area contributed by atoms with Crippen molar-refractivity contribution >= 4 is 28.0 Å². The van der Waals surface area contributed by atoms with E-state index in [9.17, 15) is 4.79 Å². The SMILES string of the molecule is O=c1oc2cc(N(c3ccccc3)c3ccccc3)ccc2cc1C1CCCCC1. The summed E-state index contributed by atoms with van der Waals surface area (Å²) in [6, 6.07) is 28.7. The fourth-order valence-corrected chi connectivity index (χ4v) is 4.55. The monoisotopic (exact) mass is 395 g/mol. The van der Waals surface area contributed by atoms with Gasteiger partial charge in [-0.3, -0.25) is 0 Å². The average Bonchev–Trinajstić information content (AvgIpc) is 2.81. The molecule has 0 bridgehead atoms. The summed E-state index contributed by atoms with van der Waals surface area (Å²) < 4.78 is 5.83. The van der Waals surface area contributed by atoms with Gasteiger partial charge < -0.3 is 9.32 Å². The predicted molar refractivity (Wildman–Crippen MR) is 123 cm³/mol. The highest BCUT2D eigenvalue weighted by Crippen LogP contribution is 2.36. The molecule has 30 heavy (non-hydrogen) atoms. The first-order valence-electron chi connectivity index (χ1n) is 10.8. The summed E-state index contributed by atoms with van der Waals surface area (Å²) in [5.74, 6) is 0.337. The zero-order valence-corrected chi connectivity index (χ0v) is 17.0. The quantitative estimate of drug-likeness (QED) is 0.340. The molecule has 3 aromatic carbocycles. The number of hydrogen-bond donors (Lipinski definition) is 0. The van der Waals surface area contributed by atoms with Crippen molar-refractivity contribution in [2.24, 2.45) is 0 Å². The van der Waals surface area contributed by atoms with E-state index in [1.165, 1.54) is 19.3 Å². The molecule has 1 heterocycles. The van der Waals surface area contributed by atoms with Crippen LogP contribution in [-0.4, -0.2) is 0 Å². The summed E-state index contributed by atoms with van der Waals surface area (Å²) in [6.45, 7) is 0. The van der Waals surface area contributed by atoms with Crippen LogP contribution in [-0.2, 0) is 0 Å². The highest BCUT2D eigenvalue weighted by Gasteiger charge is 2.20. The van der Waals surface area contributed by atoms with E-state index in [2.05, 4.69) is 47.4 Å². The Balaban J connectivity index is 1.60. The summed E-state index contributed by atoms with van der Waals surface area (Å²) in [4.78, 5) is 14.9. The normalized spacial score (nSPS) is 14.7. The Hall–Kier alpha value is -3.33. The van der Waals surface area contributed by atoms with Gasteiger partial charge in [-0.05, 0) is 61.2 Å². The molecule has 3 heteroatoms. The maximum absolute atomic E-state index is 12.8. The van der Waals surface area contributed by atoms with Crippen LogP contribution in [0.2, 0.25) is 0 Å². The Morgan fingerprint density at radius 1 is 0.700 bits per heavy atom. The second kappa shape index (κ2) is 8.19. The van der Waals surface area contributed by atoms with Crippen molar-refractivity contribution in [3.8, 4) is 0 Å². The molecule has 1 saturated carbocycles. The van der Waals surface area contributed by atoms with E-state index in [0.717, 1.165) is 40.9 Å². The Labute approximate surface area is 176 Å². The van der Waals surface area contributed by atoms with E-state index in [1.54, 1.807) is 0 Å². The molecule has 4 aromatic rings. The minimum Gasteiger partial charge on any atom is -0.422 e. The third-order valence-corrected chi connectivity index (χ3v) is 6.08. The van der Waals surface area contributed by atoms with Crippen LogP contribution < -0.4 is 10.5 Å². The van der Waals surface area contributed by atoms with Crippen LogP contribution in [0.4, 0.5) is 17.1 Å². The van der Waals surface area contributed by atoms with E-state index >= 15 is 0 Å². The second-order valence-corrected chi connectivity index (χ2v) is 8.05. The zero-order chi connectivity index (χ0) is 20.3. The number of nitrogens with zero attached hydrogens (tertiary/aromatic N) is 1. The molecule has 3 nitrogen and oxygen atoms in total. The lowest BCUT2D eigenvalue weighted by molar-refractivity contribution is 0.428. The standard InChI is InChI=1S/C27H25NO2/c29-27-25(20-10-4-1-5-11-20)18-21-16-17-24(19-26(21)30-27)28(22-12-6-2-7-13-22)23-14-8-3-9-15-23/h2-3,6-9,12-20H,1,4-5,10-11H2. The molecule has 1 fully saturated rings. The first kappa shape index (κ1) is 18.7. The number of para-hydroxylation sites is 2. The number of fused-ring (bicyclic) bond motifs is 1. The summed E-state index contributed by atoms with van der Waals surface area (Å²) in [6.07, 6.45) is 5.84. The van der Waals surface area contributed by atoms with Crippen molar-refractivity contribution in [2.45, 2.75) is 38.0 Å². The molecule has 1 aromatic heterocycles. The summed E-state index contributed by atoms with van der Waals surface area (Å²) >= 11 is 0. The van der Waals surface area contributed by atoms with Gasteiger partial charge >= 0.3 is 5.63 Å². The topological polar surface area (TPSA) is 33.5 Å². The van der Waals surface area contributed by atoms with E-state index in [1.807, 2.05) is 42.5 Å². The minimum atomic E-state index is -0.183. The molecule has 0 saturated heterocycles. The largest absolute Gasteiger partial charge is 0.422 e. The second-order valence-electron chi connectivity index (χ2n) is 8.05. The van der Waals surface area contributed by atoms with Gasteiger partial charge in [0.2, 0.25) is 0 Å². The van der Waals surface area contributed by atoms with E-state index in [4.69, 9.17) is 4.42 Å². The van der Waals surface area contributed by atoms with Crippen molar-refractivity contribution < 1.29 is 4.42 Å². The van der Waals surface area contributed by atoms with Crippen LogP contribution in [0.3, 0.4) is 0 Å². The van der Waals surface area contributed by atoms with Crippen molar-refractivity contribution in [2.75, 3.05) is 4.90 Å². The van der Waals surface area contributed by atoms with Crippen LogP contribution >= 0.6 is 0 Å². The van der Waals surface area contributed by atoms with Gasteiger partial charge in [0, 0.05) is 34.1 Å². The fourth-order valence-electron chi connectivity index (χ4n) is 4.55. The molecule has 150 valence electrons. The predicted octanol–water partition coefficient (Wildman–Crippen LogP) is 7.31. The van der Waals surface area contributed by atoms with E-state index in [0.29, 0.717) is 11.5 Å². The average molecular weight is 396 g/mol. The molecular weight excluding hydrogens is 370 g/mol. The van der Waals surface area contributed by atoms with Gasteiger partial charge in [0.25, 0.3) is 0 Å². The zero-order valence-electron chi connectivity index (χ0n) is 17.0. The number of benzene rings is 3. The molecular formula is C27H25NO2. The van der Waals surface area contributed by atoms with E-state index in [-0.39, 0.29) is 5.63 Å². The lowest BCUT2D eigenvalue weighted by Crippen LogP contribution is -2.15. The first-order chi connectivity index (χ1) is 14.8. The van der Waals surface area contributed by atoms with Gasteiger partial charge in [0.15, 0.2) is 0 Å². The van der Waals surface area contributed by atoms with Crippen LogP contribution in [0, 0.1) is 0 Å². The Bertz CT molecular complexity index is 1150. The molecule has 1 aliphatic carbocycles. The Kier molecular flexibility index (Phi) is 5.10. The van der Waals surface area contributed by atoms with Gasteiger partial charge in [0.1, 0.15) is 5.58 Å². The summed E-state index contributed by atoms with van der Waals surface area (Å²) in [7, 11) is 0. The highest BCUT2D eigenvalue weighted by molar-refractivity contribution is 5.85. The van der Waals surface area contributed by atoms with Gasteiger partial charge in [-0.15, -0.1) is 0 Å². The molecule has 0 radical (unpaired) electrons. The van der Waals surface area contributed by atoms with Crippen molar-refractivity contribution in [1.29, 1.82) is 0 Å². The molecule has 5 rings (SSSR count). The van der Waals surface area contributed by atoms with Gasteiger partial charge in [-0.2, -0.15) is 0 Å². The van der Waals surface area contributed by atoms with Crippen LogP contribution in [0.1, 0.15) is 43.6 Å². The van der Waals surface area contributed by atoms with Crippen LogP contribution in [0.25, 0.3) is 11.0 Å². The Morgan fingerprint density at radius 3 is 1.97 bits per heavy atom. The van der Waals surface area contributed by atoms with Gasteiger partial charge in [0.05, 0.1) is 0 Å². The lowest BCUT2D eigenvalue weighted by atomic mass is 9.84. The molecule has 1 aliphatic rings. The van der Waals surface area contributed by atoms with Gasteiger partial charge in [-0.25, -0.2) is 4.79 Å². The first-order valence-corrected chi connectivity index (χ1v) is 10.8.